The highest BCUT2D eigenvalue weighted by atomic mass is 19.4. The lowest BCUT2D eigenvalue weighted by atomic mass is 10.1. The van der Waals surface area contributed by atoms with E-state index in [4.69, 9.17) is 5.26 Å². The zero-order valence-corrected chi connectivity index (χ0v) is 13.4. The fourth-order valence-electron chi connectivity index (χ4n) is 2.64. The summed E-state index contributed by atoms with van der Waals surface area (Å²) in [5.74, 6) is -2.45. The molecule has 0 N–H and O–H groups in total. The summed E-state index contributed by atoms with van der Waals surface area (Å²) >= 11 is 0. The predicted molar refractivity (Wildman–Crippen MR) is 81.9 cm³/mol. The van der Waals surface area contributed by atoms with Crippen LogP contribution < -0.4 is 9.64 Å². The van der Waals surface area contributed by atoms with Crippen molar-refractivity contribution in [1.82, 2.24) is 4.98 Å². The number of fused-ring (bicyclic) bond motifs is 1. The average Bonchev–Trinajstić information content (AvgIpc) is 2.58. The van der Waals surface area contributed by atoms with E-state index in [1.807, 2.05) is 0 Å². The number of carbonyl (C=O) groups excluding carboxylic acids is 1. The molecule has 1 aliphatic rings. The number of halogens is 5. The van der Waals surface area contributed by atoms with Gasteiger partial charge in [-0.05, 0) is 18.2 Å². The van der Waals surface area contributed by atoms with Gasteiger partial charge in [0.05, 0.1) is 24.3 Å². The molecule has 0 saturated heterocycles. The van der Waals surface area contributed by atoms with Crippen molar-refractivity contribution in [2.24, 2.45) is 0 Å². The monoisotopic (exact) mass is 383 g/mol. The van der Waals surface area contributed by atoms with E-state index in [2.05, 4.69) is 9.72 Å². The Kier molecular flexibility index (Phi) is 4.47. The van der Waals surface area contributed by atoms with Gasteiger partial charge in [-0.15, -0.1) is 0 Å². The number of carbonyl (C=O) groups is 1. The number of nitrogens with zero attached hydrogens (tertiary/aromatic N) is 3. The molecule has 27 heavy (non-hydrogen) atoms. The molecule has 2 aromatic rings. The van der Waals surface area contributed by atoms with E-state index < -0.39 is 42.5 Å². The maximum atomic E-state index is 14.0. The van der Waals surface area contributed by atoms with Crippen LogP contribution in [0.4, 0.5) is 27.6 Å². The van der Waals surface area contributed by atoms with E-state index in [9.17, 15) is 26.7 Å². The summed E-state index contributed by atoms with van der Waals surface area (Å²) in [4.78, 5) is 16.6. The van der Waals surface area contributed by atoms with Gasteiger partial charge in [-0.1, -0.05) is 18.2 Å². The number of hydrogen-bond donors (Lipinski definition) is 0. The van der Waals surface area contributed by atoms with Crippen LogP contribution in [-0.4, -0.2) is 23.2 Å². The summed E-state index contributed by atoms with van der Waals surface area (Å²) < 4.78 is 70.6. The summed E-state index contributed by atoms with van der Waals surface area (Å²) in [7, 11) is 0. The van der Waals surface area contributed by atoms with Gasteiger partial charge < -0.3 is 4.74 Å². The third-order valence-corrected chi connectivity index (χ3v) is 3.72. The highest BCUT2D eigenvalue weighted by Crippen LogP contribution is 2.43. The summed E-state index contributed by atoms with van der Waals surface area (Å²) in [5.41, 5.74) is -0.619. The second-order valence-corrected chi connectivity index (χ2v) is 5.69. The van der Waals surface area contributed by atoms with Gasteiger partial charge >= 0.3 is 18.2 Å². The maximum absolute atomic E-state index is 14.0. The molecule has 1 aliphatic heterocycles. The van der Waals surface area contributed by atoms with E-state index in [1.165, 1.54) is 30.3 Å². The van der Waals surface area contributed by atoms with Crippen LogP contribution in [0.3, 0.4) is 0 Å². The van der Waals surface area contributed by atoms with Crippen molar-refractivity contribution in [3.05, 3.63) is 53.3 Å². The highest BCUT2D eigenvalue weighted by Gasteiger charge is 2.51. The quantitative estimate of drug-likeness (QED) is 0.760. The number of aromatic nitrogens is 1. The van der Waals surface area contributed by atoms with Gasteiger partial charge in [0.2, 0.25) is 0 Å². The first kappa shape index (κ1) is 18.6. The molecule has 1 amide bonds. The topological polar surface area (TPSA) is 66.2 Å². The van der Waals surface area contributed by atoms with Gasteiger partial charge in [0.25, 0.3) is 0 Å². The van der Waals surface area contributed by atoms with Gasteiger partial charge in [-0.2, -0.15) is 27.2 Å². The van der Waals surface area contributed by atoms with Gasteiger partial charge in [-0.25, -0.2) is 4.98 Å². The lowest BCUT2D eigenvalue weighted by molar-refractivity contribution is -0.193. The molecule has 5 nitrogen and oxygen atoms in total. The summed E-state index contributed by atoms with van der Waals surface area (Å²) in [6.45, 7) is -0.463. The molecule has 1 aromatic carbocycles. The zero-order chi connectivity index (χ0) is 19.8. The Morgan fingerprint density at radius 3 is 2.56 bits per heavy atom. The molecule has 0 saturated carbocycles. The number of hydrogen-bond acceptors (Lipinski definition) is 4. The Morgan fingerprint density at radius 2 is 1.89 bits per heavy atom. The number of para-hydroxylation sites is 1. The first-order valence-corrected chi connectivity index (χ1v) is 7.54. The van der Waals surface area contributed by atoms with Crippen LogP contribution in [0.15, 0.2) is 36.4 Å². The fraction of sp³-hybridized carbons (Fsp3) is 0.235. The van der Waals surface area contributed by atoms with Crippen LogP contribution in [0.1, 0.15) is 17.0 Å². The van der Waals surface area contributed by atoms with Crippen LogP contribution in [-0.2, 0) is 17.8 Å². The molecule has 0 spiro atoms. The van der Waals surface area contributed by atoms with Crippen molar-refractivity contribution in [3.63, 3.8) is 0 Å². The number of ether oxygens (including phenoxy) is 1. The van der Waals surface area contributed by atoms with Crippen LogP contribution in [0.2, 0.25) is 0 Å². The first-order chi connectivity index (χ1) is 12.6. The normalized spacial score (nSPS) is 15.7. The second kappa shape index (κ2) is 6.50. The van der Waals surface area contributed by atoms with Crippen LogP contribution in [0, 0.1) is 11.3 Å². The number of nitriles is 1. The molecule has 0 radical (unpaired) electrons. The van der Waals surface area contributed by atoms with Crippen LogP contribution in [0.25, 0.3) is 0 Å². The molecule has 1 aromatic heterocycles. The molecule has 0 bridgehead atoms. The van der Waals surface area contributed by atoms with Gasteiger partial charge in [0.1, 0.15) is 11.8 Å². The molecule has 0 unspecified atom stereocenters. The van der Waals surface area contributed by atoms with Crippen molar-refractivity contribution < 1.29 is 31.5 Å². The van der Waals surface area contributed by atoms with E-state index in [-0.39, 0.29) is 17.1 Å². The Hall–Kier alpha value is -3.22. The van der Waals surface area contributed by atoms with Gasteiger partial charge in [0.15, 0.2) is 5.75 Å². The maximum Gasteiger partial charge on any atom is 0.483 e. The first-order valence-electron chi connectivity index (χ1n) is 7.54. The van der Waals surface area contributed by atoms with Crippen molar-refractivity contribution >= 4 is 11.6 Å². The third-order valence-electron chi connectivity index (χ3n) is 3.72. The second-order valence-electron chi connectivity index (χ2n) is 5.69. The van der Waals surface area contributed by atoms with Crippen LogP contribution in [0.5, 0.6) is 5.75 Å². The van der Waals surface area contributed by atoms with E-state index in [0.29, 0.717) is 4.90 Å². The molecule has 0 aliphatic carbocycles. The molecular formula is C17H10F5N3O2. The minimum Gasteiger partial charge on any atom is -0.423 e. The molecule has 3 rings (SSSR count). The van der Waals surface area contributed by atoms with Crippen molar-refractivity contribution in [3.8, 4) is 11.8 Å². The van der Waals surface area contributed by atoms with Crippen LogP contribution >= 0.6 is 0 Å². The number of pyridine rings is 1. The standard InChI is InChI=1S/C17H10F5N3O2/c18-16(19,20)7-10-3-1-6-13-14(10)27-17(21,22)15(26)25(13)9-12-5-2-4-11(8-23)24-12/h1-6H,7,9H2. The average molecular weight is 383 g/mol. The largest absolute Gasteiger partial charge is 0.483 e. The molecule has 0 atom stereocenters. The Morgan fingerprint density at radius 1 is 1.19 bits per heavy atom. The zero-order valence-electron chi connectivity index (χ0n) is 13.4. The van der Waals surface area contributed by atoms with E-state index in [1.54, 1.807) is 6.07 Å². The molecule has 2 heterocycles. The molecular weight excluding hydrogens is 373 g/mol. The van der Waals surface area contributed by atoms with Gasteiger partial charge in [-0.3, -0.25) is 9.69 Å². The van der Waals surface area contributed by atoms with Crippen molar-refractivity contribution in [1.29, 1.82) is 5.26 Å². The number of amides is 1. The van der Waals surface area contributed by atoms with Crippen molar-refractivity contribution in [2.75, 3.05) is 4.90 Å². The molecule has 0 fully saturated rings. The summed E-state index contributed by atoms with van der Waals surface area (Å²) in [6.07, 6.45) is -10.5. The smallest absolute Gasteiger partial charge is 0.423 e. The number of anilines is 1. The Labute approximate surface area is 149 Å². The van der Waals surface area contributed by atoms with Crippen molar-refractivity contribution in [2.45, 2.75) is 25.3 Å². The summed E-state index contributed by atoms with van der Waals surface area (Å²) in [5, 5.41) is 8.87. The fourth-order valence-corrected chi connectivity index (χ4v) is 2.64. The number of alkyl halides is 5. The molecule has 140 valence electrons. The van der Waals surface area contributed by atoms with E-state index in [0.717, 1.165) is 6.07 Å². The minimum atomic E-state index is -4.65. The Balaban J connectivity index is 2.06. The van der Waals surface area contributed by atoms with E-state index >= 15 is 0 Å². The lowest BCUT2D eigenvalue weighted by Gasteiger charge is -2.34. The SMILES string of the molecule is N#Cc1cccc(CN2C(=O)C(F)(F)Oc3c(CC(F)(F)F)cccc32)n1. The number of benzene rings is 1. The molecule has 10 heteroatoms. The number of rotatable bonds is 3. The lowest BCUT2D eigenvalue weighted by Crippen LogP contribution is -2.50. The van der Waals surface area contributed by atoms with Gasteiger partial charge in [0, 0.05) is 5.56 Å². The minimum absolute atomic E-state index is 0.00557. The third kappa shape index (κ3) is 3.81. The highest BCUT2D eigenvalue weighted by molar-refractivity contribution is 6.01. The summed E-state index contributed by atoms with van der Waals surface area (Å²) in [6, 6.07) is 9.43. The predicted octanol–water partition coefficient (Wildman–Crippen LogP) is 3.58. The Bertz CT molecular complexity index is 937.